The second-order valence-corrected chi connectivity index (χ2v) is 6.34. The number of benzene rings is 2. The third-order valence-corrected chi connectivity index (χ3v) is 4.54. The number of hydrogen-bond acceptors (Lipinski definition) is 3. The van der Waals surface area contributed by atoms with Crippen LogP contribution in [0.1, 0.15) is 34.3 Å². The van der Waals surface area contributed by atoms with Crippen LogP contribution in [-0.4, -0.2) is 34.5 Å². The van der Waals surface area contributed by atoms with Gasteiger partial charge in [-0.25, -0.2) is 4.79 Å². The summed E-state index contributed by atoms with van der Waals surface area (Å²) in [6.45, 7) is 2.03. The minimum absolute atomic E-state index is 0.00848. The molecule has 1 aliphatic rings. The normalized spacial score (nSPS) is 17.4. The molecule has 1 amide bonds. The Morgan fingerprint density at radius 2 is 1.84 bits per heavy atom. The van der Waals surface area contributed by atoms with Gasteiger partial charge in [0.15, 0.2) is 0 Å². The summed E-state index contributed by atoms with van der Waals surface area (Å²) in [7, 11) is 0. The monoisotopic (exact) mass is 338 g/mol. The summed E-state index contributed by atoms with van der Waals surface area (Å²) in [5.41, 5.74) is 2.23. The van der Waals surface area contributed by atoms with E-state index in [1.807, 2.05) is 24.3 Å². The molecule has 1 aliphatic heterocycles. The van der Waals surface area contributed by atoms with Gasteiger partial charge in [-0.2, -0.15) is 0 Å². The van der Waals surface area contributed by atoms with Crippen molar-refractivity contribution in [2.75, 3.05) is 6.54 Å². The largest absolute Gasteiger partial charge is 0.478 e. The van der Waals surface area contributed by atoms with Crippen molar-refractivity contribution in [3.63, 3.8) is 0 Å². The molecule has 0 radical (unpaired) electrons. The van der Waals surface area contributed by atoms with Crippen molar-refractivity contribution < 1.29 is 14.7 Å². The topological polar surface area (TPSA) is 69.6 Å². The molecule has 0 aliphatic carbocycles. The van der Waals surface area contributed by atoms with Crippen LogP contribution in [0.3, 0.4) is 0 Å². The Bertz CT molecular complexity index is 746. The third-order valence-electron chi connectivity index (χ3n) is 4.54. The van der Waals surface area contributed by atoms with Crippen LogP contribution in [0, 0.1) is 0 Å². The molecule has 0 aromatic heterocycles. The molecule has 5 nitrogen and oxygen atoms in total. The molecule has 0 saturated carbocycles. The van der Waals surface area contributed by atoms with Crippen molar-refractivity contribution in [3.05, 3.63) is 71.3 Å². The molecule has 0 unspecified atom stereocenters. The van der Waals surface area contributed by atoms with Gasteiger partial charge in [0.1, 0.15) is 0 Å². The number of carboxylic acid groups (broad SMARTS) is 1. The molecule has 2 aromatic rings. The zero-order valence-corrected chi connectivity index (χ0v) is 14.0. The van der Waals surface area contributed by atoms with E-state index in [-0.39, 0.29) is 17.5 Å². The molecule has 3 rings (SSSR count). The van der Waals surface area contributed by atoms with Crippen molar-refractivity contribution in [2.45, 2.75) is 32.0 Å². The number of carbonyl (C=O) groups is 2. The fourth-order valence-corrected chi connectivity index (χ4v) is 3.25. The molecule has 1 heterocycles. The highest BCUT2D eigenvalue weighted by Crippen LogP contribution is 2.20. The number of aromatic carboxylic acids is 1. The number of carbonyl (C=O) groups excluding carboxylic acids is 1. The molecule has 1 saturated heterocycles. The highest BCUT2D eigenvalue weighted by atomic mass is 16.4. The first-order valence-corrected chi connectivity index (χ1v) is 8.51. The van der Waals surface area contributed by atoms with Gasteiger partial charge in [-0.3, -0.25) is 9.69 Å². The minimum atomic E-state index is -0.960. The first-order chi connectivity index (χ1) is 12.1. The Hall–Kier alpha value is -2.66. The lowest BCUT2D eigenvalue weighted by molar-refractivity contribution is -0.125. The predicted molar refractivity (Wildman–Crippen MR) is 95.1 cm³/mol. The lowest BCUT2D eigenvalue weighted by Crippen LogP contribution is -2.42. The highest BCUT2D eigenvalue weighted by molar-refractivity contribution is 5.87. The van der Waals surface area contributed by atoms with Crippen LogP contribution < -0.4 is 5.32 Å². The second kappa shape index (κ2) is 7.94. The van der Waals surface area contributed by atoms with E-state index in [2.05, 4.69) is 22.3 Å². The van der Waals surface area contributed by atoms with Crippen molar-refractivity contribution in [3.8, 4) is 0 Å². The van der Waals surface area contributed by atoms with Gasteiger partial charge in [-0.1, -0.05) is 42.5 Å². The summed E-state index contributed by atoms with van der Waals surface area (Å²) < 4.78 is 0. The zero-order chi connectivity index (χ0) is 17.6. The molecular weight excluding hydrogens is 316 g/mol. The SMILES string of the molecule is O=C(O)c1cccc(CNC(=O)[C@H]2CCCN2Cc2ccccc2)c1. The van der Waals surface area contributed by atoms with E-state index in [0.717, 1.165) is 31.5 Å². The highest BCUT2D eigenvalue weighted by Gasteiger charge is 2.30. The number of carboxylic acids is 1. The number of nitrogens with zero attached hydrogens (tertiary/aromatic N) is 1. The van der Waals surface area contributed by atoms with Gasteiger partial charge >= 0.3 is 5.97 Å². The molecule has 1 atom stereocenters. The maximum atomic E-state index is 12.6. The van der Waals surface area contributed by atoms with Gasteiger partial charge < -0.3 is 10.4 Å². The Kier molecular flexibility index (Phi) is 5.46. The van der Waals surface area contributed by atoms with Crippen LogP contribution in [0.4, 0.5) is 0 Å². The average Bonchev–Trinajstić information content (AvgIpc) is 3.09. The number of likely N-dealkylation sites (tertiary alicyclic amines) is 1. The van der Waals surface area contributed by atoms with Gasteiger partial charge in [0.2, 0.25) is 5.91 Å². The van der Waals surface area contributed by atoms with Crippen LogP contribution in [-0.2, 0) is 17.9 Å². The maximum Gasteiger partial charge on any atom is 0.335 e. The van der Waals surface area contributed by atoms with Gasteiger partial charge in [0.05, 0.1) is 11.6 Å². The number of rotatable bonds is 6. The summed E-state index contributed by atoms with van der Waals surface area (Å²) in [5.74, 6) is -0.952. The van der Waals surface area contributed by atoms with Crippen molar-refractivity contribution >= 4 is 11.9 Å². The molecule has 5 heteroatoms. The van der Waals surface area contributed by atoms with Gasteiger partial charge in [0, 0.05) is 13.1 Å². The van der Waals surface area contributed by atoms with Crippen LogP contribution >= 0.6 is 0 Å². The lowest BCUT2D eigenvalue weighted by atomic mass is 10.1. The summed E-state index contributed by atoms with van der Waals surface area (Å²) in [4.78, 5) is 25.8. The maximum absolute atomic E-state index is 12.6. The van der Waals surface area contributed by atoms with Crippen molar-refractivity contribution in [1.82, 2.24) is 10.2 Å². The van der Waals surface area contributed by atoms with Crippen molar-refractivity contribution in [2.24, 2.45) is 0 Å². The first kappa shape index (κ1) is 17.2. The molecule has 2 aromatic carbocycles. The van der Waals surface area contributed by atoms with Gasteiger partial charge in [0.25, 0.3) is 0 Å². The van der Waals surface area contributed by atoms with E-state index in [9.17, 15) is 9.59 Å². The van der Waals surface area contributed by atoms with Crippen LogP contribution in [0.25, 0.3) is 0 Å². The molecule has 0 bridgehead atoms. The summed E-state index contributed by atoms with van der Waals surface area (Å²) in [6, 6.07) is 16.7. The van der Waals surface area contributed by atoms with E-state index in [1.54, 1.807) is 18.2 Å². The van der Waals surface area contributed by atoms with E-state index >= 15 is 0 Å². The number of hydrogen-bond donors (Lipinski definition) is 2. The smallest absolute Gasteiger partial charge is 0.335 e. The van der Waals surface area contributed by atoms with Crippen LogP contribution in [0.15, 0.2) is 54.6 Å². The quantitative estimate of drug-likeness (QED) is 0.850. The Morgan fingerprint density at radius 1 is 1.08 bits per heavy atom. The molecule has 25 heavy (non-hydrogen) atoms. The minimum Gasteiger partial charge on any atom is -0.478 e. The molecule has 2 N–H and O–H groups in total. The van der Waals surface area contributed by atoms with Crippen molar-refractivity contribution in [1.29, 1.82) is 0 Å². The van der Waals surface area contributed by atoms with Crippen LogP contribution in [0.2, 0.25) is 0 Å². The predicted octanol–water partition coefficient (Wildman–Crippen LogP) is 2.67. The third kappa shape index (κ3) is 4.45. The molecule has 130 valence electrons. The van der Waals surface area contributed by atoms with E-state index in [4.69, 9.17) is 5.11 Å². The average molecular weight is 338 g/mol. The van der Waals surface area contributed by atoms with E-state index < -0.39 is 5.97 Å². The number of amides is 1. The van der Waals surface area contributed by atoms with E-state index in [1.165, 1.54) is 5.56 Å². The Labute approximate surface area is 147 Å². The van der Waals surface area contributed by atoms with Gasteiger partial charge in [-0.15, -0.1) is 0 Å². The fraction of sp³-hybridized carbons (Fsp3) is 0.300. The number of nitrogens with one attached hydrogen (secondary N) is 1. The summed E-state index contributed by atoms with van der Waals surface area (Å²) in [5, 5.41) is 12.0. The standard InChI is InChI=1S/C20H22N2O3/c23-19(21-13-16-8-4-9-17(12-16)20(24)25)18-10-5-11-22(18)14-15-6-2-1-3-7-15/h1-4,6-9,12,18H,5,10-11,13-14H2,(H,21,23)(H,24,25)/t18-/m1/s1. The summed E-state index contributed by atoms with van der Waals surface area (Å²) in [6.07, 6.45) is 1.87. The Balaban J connectivity index is 1.58. The van der Waals surface area contributed by atoms with Gasteiger partial charge in [-0.05, 0) is 42.6 Å². The zero-order valence-electron chi connectivity index (χ0n) is 14.0. The summed E-state index contributed by atoms with van der Waals surface area (Å²) >= 11 is 0. The van der Waals surface area contributed by atoms with Crippen LogP contribution in [0.5, 0.6) is 0 Å². The molecular formula is C20H22N2O3. The second-order valence-electron chi connectivity index (χ2n) is 6.34. The molecule has 0 spiro atoms. The van der Waals surface area contributed by atoms with E-state index in [0.29, 0.717) is 6.54 Å². The fourth-order valence-electron chi connectivity index (χ4n) is 3.25. The molecule has 1 fully saturated rings. The Morgan fingerprint density at radius 3 is 2.60 bits per heavy atom. The lowest BCUT2D eigenvalue weighted by Gasteiger charge is -2.23. The first-order valence-electron chi connectivity index (χ1n) is 8.51.